The lowest BCUT2D eigenvalue weighted by molar-refractivity contribution is -0.134. The van der Waals surface area contributed by atoms with E-state index in [1.54, 1.807) is 22.6 Å². The quantitative estimate of drug-likeness (QED) is 0.870. The molecule has 2 aromatic rings. The maximum atomic E-state index is 12.7. The summed E-state index contributed by atoms with van der Waals surface area (Å²) >= 11 is 8.04. The van der Waals surface area contributed by atoms with Crippen LogP contribution in [0.1, 0.15) is 23.9 Å². The van der Waals surface area contributed by atoms with E-state index in [1.807, 2.05) is 48.4 Å². The molecule has 21 heavy (non-hydrogen) atoms. The number of amides is 1. The summed E-state index contributed by atoms with van der Waals surface area (Å²) in [5.41, 5.74) is 1.00. The van der Waals surface area contributed by atoms with Gasteiger partial charge in [0.2, 0.25) is 5.91 Å². The molecule has 1 aromatic carbocycles. The fourth-order valence-electron chi connectivity index (χ4n) is 2.49. The number of thioether (sulfide) groups is 1. The Morgan fingerprint density at radius 3 is 2.95 bits per heavy atom. The number of carbonyl (C=O) groups is 1. The standard InChI is InChI=1S/C15H16ClN3OS/c1-11(19-8-4-7-17-19)14(20)18-9-10-21-15(18)12-5-2-3-6-13(12)16/h2-8,11,15H,9-10H2,1H3. The third-order valence-electron chi connectivity index (χ3n) is 3.62. The Labute approximate surface area is 133 Å². The lowest BCUT2D eigenvalue weighted by atomic mass is 10.2. The average Bonchev–Trinajstić information content (AvgIpc) is 3.17. The van der Waals surface area contributed by atoms with Crippen molar-refractivity contribution < 1.29 is 4.79 Å². The molecule has 2 unspecified atom stereocenters. The van der Waals surface area contributed by atoms with Gasteiger partial charge in [0, 0.05) is 35.3 Å². The summed E-state index contributed by atoms with van der Waals surface area (Å²) in [4.78, 5) is 14.6. The summed E-state index contributed by atoms with van der Waals surface area (Å²) in [6.07, 6.45) is 3.50. The summed E-state index contributed by atoms with van der Waals surface area (Å²) in [6.45, 7) is 2.62. The van der Waals surface area contributed by atoms with Gasteiger partial charge in [-0.1, -0.05) is 29.8 Å². The van der Waals surface area contributed by atoms with Crippen LogP contribution >= 0.6 is 23.4 Å². The topological polar surface area (TPSA) is 38.1 Å². The number of hydrogen-bond donors (Lipinski definition) is 0. The molecular formula is C15H16ClN3OS. The van der Waals surface area contributed by atoms with E-state index in [1.165, 1.54) is 0 Å². The Kier molecular flexibility index (Phi) is 4.22. The van der Waals surface area contributed by atoms with Gasteiger partial charge in [-0.3, -0.25) is 9.48 Å². The Morgan fingerprint density at radius 2 is 2.24 bits per heavy atom. The van der Waals surface area contributed by atoms with Crippen molar-refractivity contribution in [2.24, 2.45) is 0 Å². The lowest BCUT2D eigenvalue weighted by Crippen LogP contribution is -2.36. The lowest BCUT2D eigenvalue weighted by Gasteiger charge is -2.27. The van der Waals surface area contributed by atoms with E-state index in [0.29, 0.717) is 5.02 Å². The number of rotatable bonds is 3. The second-order valence-corrected chi connectivity index (χ2v) is 6.53. The molecule has 110 valence electrons. The van der Waals surface area contributed by atoms with Crippen molar-refractivity contribution in [2.45, 2.75) is 18.3 Å². The van der Waals surface area contributed by atoms with Crippen LogP contribution in [0.3, 0.4) is 0 Å². The first kappa shape index (κ1) is 14.5. The number of nitrogens with zero attached hydrogens (tertiary/aromatic N) is 3. The zero-order chi connectivity index (χ0) is 14.8. The number of aromatic nitrogens is 2. The second-order valence-electron chi connectivity index (χ2n) is 4.94. The molecule has 0 bridgehead atoms. The van der Waals surface area contributed by atoms with Gasteiger partial charge in [0.25, 0.3) is 0 Å². The van der Waals surface area contributed by atoms with Gasteiger partial charge >= 0.3 is 0 Å². The molecule has 1 aliphatic rings. The van der Waals surface area contributed by atoms with Crippen LogP contribution in [0.25, 0.3) is 0 Å². The fraction of sp³-hybridized carbons (Fsp3) is 0.333. The predicted octanol–water partition coefficient (Wildman–Crippen LogP) is 3.37. The molecular weight excluding hydrogens is 306 g/mol. The van der Waals surface area contributed by atoms with E-state index in [2.05, 4.69) is 5.10 Å². The predicted molar refractivity (Wildman–Crippen MR) is 85.3 cm³/mol. The van der Waals surface area contributed by atoms with Crippen LogP contribution in [0.15, 0.2) is 42.7 Å². The smallest absolute Gasteiger partial charge is 0.248 e. The highest BCUT2D eigenvalue weighted by molar-refractivity contribution is 7.99. The van der Waals surface area contributed by atoms with Crippen LogP contribution in [0.4, 0.5) is 0 Å². The monoisotopic (exact) mass is 321 g/mol. The Morgan fingerprint density at radius 1 is 1.43 bits per heavy atom. The molecule has 0 radical (unpaired) electrons. The van der Waals surface area contributed by atoms with E-state index in [9.17, 15) is 4.79 Å². The van der Waals surface area contributed by atoms with Crippen LogP contribution in [-0.2, 0) is 4.79 Å². The van der Waals surface area contributed by atoms with Gasteiger partial charge in [-0.25, -0.2) is 0 Å². The summed E-state index contributed by atoms with van der Waals surface area (Å²) in [5, 5.41) is 4.86. The summed E-state index contributed by atoms with van der Waals surface area (Å²) in [7, 11) is 0. The first-order valence-electron chi connectivity index (χ1n) is 6.84. The zero-order valence-corrected chi connectivity index (χ0v) is 13.2. The van der Waals surface area contributed by atoms with Gasteiger partial charge in [0.05, 0.1) is 0 Å². The van der Waals surface area contributed by atoms with Crippen LogP contribution < -0.4 is 0 Å². The summed E-state index contributed by atoms with van der Waals surface area (Å²) in [5.74, 6) is 1.00. The molecule has 3 rings (SSSR count). The molecule has 1 aliphatic heterocycles. The van der Waals surface area contributed by atoms with E-state index >= 15 is 0 Å². The average molecular weight is 322 g/mol. The third kappa shape index (κ3) is 2.80. The van der Waals surface area contributed by atoms with Crippen LogP contribution in [0.5, 0.6) is 0 Å². The molecule has 0 saturated carbocycles. The summed E-state index contributed by atoms with van der Waals surface area (Å²) < 4.78 is 1.69. The van der Waals surface area contributed by atoms with Crippen LogP contribution in [0, 0.1) is 0 Å². The van der Waals surface area contributed by atoms with Crippen molar-refractivity contribution in [3.8, 4) is 0 Å². The summed E-state index contributed by atoms with van der Waals surface area (Å²) in [6, 6.07) is 9.25. The molecule has 4 nitrogen and oxygen atoms in total. The molecule has 1 aromatic heterocycles. The van der Waals surface area contributed by atoms with E-state index in [0.717, 1.165) is 17.9 Å². The van der Waals surface area contributed by atoms with Crippen molar-refractivity contribution in [2.75, 3.05) is 12.3 Å². The molecule has 0 aliphatic carbocycles. The highest BCUT2D eigenvalue weighted by Gasteiger charge is 2.34. The number of halogens is 1. The maximum Gasteiger partial charge on any atom is 0.248 e. The normalized spacial score (nSPS) is 19.7. The highest BCUT2D eigenvalue weighted by atomic mass is 35.5. The van der Waals surface area contributed by atoms with Crippen molar-refractivity contribution in [3.63, 3.8) is 0 Å². The first-order valence-corrected chi connectivity index (χ1v) is 8.27. The minimum absolute atomic E-state index is 0.00999. The van der Waals surface area contributed by atoms with Gasteiger partial charge in [-0.05, 0) is 19.1 Å². The number of benzene rings is 1. The Bertz CT molecular complexity index is 632. The van der Waals surface area contributed by atoms with Gasteiger partial charge in [0.15, 0.2) is 0 Å². The molecule has 6 heteroatoms. The van der Waals surface area contributed by atoms with Gasteiger partial charge in [-0.2, -0.15) is 5.10 Å². The minimum atomic E-state index is -0.302. The van der Waals surface area contributed by atoms with E-state index in [-0.39, 0.29) is 17.3 Å². The van der Waals surface area contributed by atoms with Gasteiger partial charge < -0.3 is 4.90 Å². The van der Waals surface area contributed by atoms with Crippen molar-refractivity contribution in [3.05, 3.63) is 53.3 Å². The molecule has 1 amide bonds. The molecule has 1 saturated heterocycles. The second kappa shape index (κ2) is 6.12. The maximum absolute atomic E-state index is 12.7. The highest BCUT2D eigenvalue weighted by Crippen LogP contribution is 2.41. The molecule has 2 atom stereocenters. The van der Waals surface area contributed by atoms with E-state index in [4.69, 9.17) is 11.6 Å². The fourth-order valence-corrected chi connectivity index (χ4v) is 4.10. The van der Waals surface area contributed by atoms with Crippen LogP contribution in [-0.4, -0.2) is 32.9 Å². The Hall–Kier alpha value is -1.46. The van der Waals surface area contributed by atoms with Crippen molar-refractivity contribution in [1.82, 2.24) is 14.7 Å². The zero-order valence-electron chi connectivity index (χ0n) is 11.6. The van der Waals surface area contributed by atoms with E-state index < -0.39 is 0 Å². The molecule has 2 heterocycles. The SMILES string of the molecule is CC(C(=O)N1CCSC1c1ccccc1Cl)n1cccn1. The Balaban J connectivity index is 1.84. The number of hydrogen-bond acceptors (Lipinski definition) is 3. The molecule has 1 fully saturated rings. The van der Waals surface area contributed by atoms with Gasteiger partial charge in [-0.15, -0.1) is 11.8 Å². The van der Waals surface area contributed by atoms with Crippen LogP contribution in [0.2, 0.25) is 5.02 Å². The molecule has 0 spiro atoms. The third-order valence-corrected chi connectivity index (χ3v) is 5.21. The van der Waals surface area contributed by atoms with Gasteiger partial charge in [0.1, 0.15) is 11.4 Å². The first-order chi connectivity index (χ1) is 10.2. The largest absolute Gasteiger partial charge is 0.324 e. The molecule has 0 N–H and O–H groups in total. The minimum Gasteiger partial charge on any atom is -0.324 e. The van der Waals surface area contributed by atoms with Crippen molar-refractivity contribution in [1.29, 1.82) is 0 Å². The van der Waals surface area contributed by atoms with Crippen molar-refractivity contribution >= 4 is 29.3 Å². The number of carbonyl (C=O) groups excluding carboxylic acids is 1.